The van der Waals surface area contributed by atoms with Gasteiger partial charge in [-0.3, -0.25) is 4.79 Å². The topological polar surface area (TPSA) is 54.9 Å². The Morgan fingerprint density at radius 2 is 1.75 bits per heavy atom. The van der Waals surface area contributed by atoms with Crippen molar-refractivity contribution < 1.29 is 14.3 Å². The van der Waals surface area contributed by atoms with Crippen molar-refractivity contribution in [2.24, 2.45) is 0 Å². The van der Waals surface area contributed by atoms with Gasteiger partial charge in [-0.25, -0.2) is 4.98 Å². The summed E-state index contributed by atoms with van der Waals surface area (Å²) in [4.78, 5) is 21.3. The van der Waals surface area contributed by atoms with E-state index in [-0.39, 0.29) is 5.91 Å². The molecule has 0 radical (unpaired) electrons. The highest BCUT2D eigenvalue weighted by atomic mass is 35.5. The van der Waals surface area contributed by atoms with Crippen molar-refractivity contribution in [3.05, 3.63) is 82.0 Å². The number of carbonyl (C=O) groups is 1. The summed E-state index contributed by atoms with van der Waals surface area (Å²) in [5.41, 5.74) is 1.55. The van der Waals surface area contributed by atoms with E-state index in [9.17, 15) is 4.79 Å². The van der Waals surface area contributed by atoms with Gasteiger partial charge in [0.2, 0.25) is 0 Å². The van der Waals surface area contributed by atoms with Crippen molar-refractivity contribution in [1.29, 1.82) is 0 Å². The van der Waals surface area contributed by atoms with Crippen molar-refractivity contribution in [2.45, 2.75) is 6.61 Å². The van der Waals surface area contributed by atoms with Crippen LogP contribution in [0.3, 0.4) is 0 Å². The molecule has 0 aliphatic carbocycles. The van der Waals surface area contributed by atoms with E-state index in [1.54, 1.807) is 31.5 Å². The van der Waals surface area contributed by atoms with E-state index in [2.05, 4.69) is 9.88 Å². The standard InChI is InChI=1S/C24H23Cl2N3O3/c1-31-22-15-18(6-9-21(22)32-16-17-4-7-19(25)8-5-17)24(30)29-13-11-28(12-14-29)23-20(26)3-2-10-27-23/h2-10,15H,11-14,16H2,1H3. The van der Waals surface area contributed by atoms with Crippen LogP contribution in [0.5, 0.6) is 11.5 Å². The van der Waals surface area contributed by atoms with Gasteiger partial charge in [0.05, 0.1) is 12.1 Å². The summed E-state index contributed by atoms with van der Waals surface area (Å²) < 4.78 is 11.4. The third kappa shape index (κ3) is 5.09. The van der Waals surface area contributed by atoms with Gasteiger partial charge >= 0.3 is 0 Å². The Morgan fingerprint density at radius 3 is 2.44 bits per heavy atom. The van der Waals surface area contributed by atoms with Crippen molar-refractivity contribution in [2.75, 3.05) is 38.2 Å². The van der Waals surface area contributed by atoms with Gasteiger partial charge < -0.3 is 19.3 Å². The number of methoxy groups -OCH3 is 1. The molecule has 1 aliphatic heterocycles. The van der Waals surface area contributed by atoms with E-state index in [0.29, 0.717) is 59.9 Å². The summed E-state index contributed by atoms with van der Waals surface area (Å²) in [5, 5.41) is 1.30. The number of piperazine rings is 1. The first-order chi connectivity index (χ1) is 15.5. The fraction of sp³-hybridized carbons (Fsp3) is 0.250. The molecular formula is C24H23Cl2N3O3. The van der Waals surface area contributed by atoms with E-state index in [0.717, 1.165) is 11.4 Å². The predicted molar refractivity (Wildman–Crippen MR) is 126 cm³/mol. The van der Waals surface area contributed by atoms with Crippen LogP contribution in [0.4, 0.5) is 5.82 Å². The molecule has 0 spiro atoms. The summed E-state index contributed by atoms with van der Waals surface area (Å²) in [6, 6.07) is 16.3. The van der Waals surface area contributed by atoms with Gasteiger partial charge in [-0.2, -0.15) is 0 Å². The average Bonchev–Trinajstić information content (AvgIpc) is 2.83. The van der Waals surface area contributed by atoms with Crippen molar-refractivity contribution in [3.63, 3.8) is 0 Å². The second kappa shape index (κ2) is 10.1. The Labute approximate surface area is 197 Å². The number of hydrogen-bond donors (Lipinski definition) is 0. The number of nitrogens with zero attached hydrogens (tertiary/aromatic N) is 3. The summed E-state index contributed by atoms with van der Waals surface area (Å²) in [7, 11) is 1.56. The van der Waals surface area contributed by atoms with Crippen LogP contribution in [-0.4, -0.2) is 49.1 Å². The Balaban J connectivity index is 1.39. The third-order valence-electron chi connectivity index (χ3n) is 5.32. The molecule has 1 saturated heterocycles. The molecule has 1 amide bonds. The molecule has 3 aromatic rings. The molecule has 0 saturated carbocycles. The van der Waals surface area contributed by atoms with Crippen LogP contribution in [0.15, 0.2) is 60.8 Å². The van der Waals surface area contributed by atoms with Crippen molar-refractivity contribution >= 4 is 34.9 Å². The molecule has 0 N–H and O–H groups in total. The zero-order chi connectivity index (χ0) is 22.5. The lowest BCUT2D eigenvalue weighted by Crippen LogP contribution is -2.49. The number of benzene rings is 2. The van der Waals surface area contributed by atoms with E-state index >= 15 is 0 Å². The van der Waals surface area contributed by atoms with Crippen LogP contribution in [-0.2, 0) is 6.61 Å². The first-order valence-electron chi connectivity index (χ1n) is 10.2. The zero-order valence-corrected chi connectivity index (χ0v) is 19.1. The van der Waals surface area contributed by atoms with Gasteiger partial charge in [-0.1, -0.05) is 35.3 Å². The van der Waals surface area contributed by atoms with Gasteiger partial charge in [0.1, 0.15) is 12.4 Å². The molecule has 1 fully saturated rings. The highest BCUT2D eigenvalue weighted by Gasteiger charge is 2.24. The molecule has 0 bridgehead atoms. The lowest BCUT2D eigenvalue weighted by molar-refractivity contribution is 0.0746. The molecule has 32 heavy (non-hydrogen) atoms. The van der Waals surface area contributed by atoms with E-state index in [4.69, 9.17) is 32.7 Å². The van der Waals surface area contributed by atoms with Gasteiger partial charge in [-0.15, -0.1) is 0 Å². The number of carbonyl (C=O) groups excluding carboxylic acids is 1. The quantitative estimate of drug-likeness (QED) is 0.509. The molecule has 2 aromatic carbocycles. The Hall–Kier alpha value is -2.96. The van der Waals surface area contributed by atoms with Crippen LogP contribution in [0.2, 0.25) is 10.0 Å². The second-order valence-corrected chi connectivity index (χ2v) is 8.21. The maximum atomic E-state index is 13.1. The number of pyridine rings is 1. The maximum Gasteiger partial charge on any atom is 0.254 e. The highest BCUT2D eigenvalue weighted by molar-refractivity contribution is 6.33. The van der Waals surface area contributed by atoms with Crippen LogP contribution in [0, 0.1) is 0 Å². The van der Waals surface area contributed by atoms with Crippen LogP contribution in [0.1, 0.15) is 15.9 Å². The van der Waals surface area contributed by atoms with Gasteiger partial charge in [-0.05, 0) is 48.0 Å². The largest absolute Gasteiger partial charge is 0.493 e. The molecule has 4 rings (SSSR count). The number of anilines is 1. The predicted octanol–water partition coefficient (Wildman–Crippen LogP) is 4.94. The van der Waals surface area contributed by atoms with Crippen LogP contribution < -0.4 is 14.4 Å². The lowest BCUT2D eigenvalue weighted by Gasteiger charge is -2.35. The molecule has 0 unspecified atom stereocenters. The molecule has 166 valence electrons. The van der Waals surface area contributed by atoms with Gasteiger partial charge in [0, 0.05) is 43.0 Å². The summed E-state index contributed by atoms with van der Waals surface area (Å²) >= 11 is 12.2. The third-order valence-corrected chi connectivity index (χ3v) is 5.87. The first-order valence-corrected chi connectivity index (χ1v) is 11.0. The van der Waals surface area contributed by atoms with E-state index < -0.39 is 0 Å². The maximum absolute atomic E-state index is 13.1. The highest BCUT2D eigenvalue weighted by Crippen LogP contribution is 2.30. The normalized spacial score (nSPS) is 13.7. The Bertz CT molecular complexity index is 1080. The second-order valence-electron chi connectivity index (χ2n) is 7.37. The number of rotatable bonds is 6. The summed E-state index contributed by atoms with van der Waals surface area (Å²) in [6.07, 6.45) is 1.72. The number of hydrogen-bond acceptors (Lipinski definition) is 5. The molecule has 8 heteroatoms. The minimum Gasteiger partial charge on any atom is -0.493 e. The smallest absolute Gasteiger partial charge is 0.254 e. The summed E-state index contributed by atoms with van der Waals surface area (Å²) in [6.45, 7) is 2.88. The average molecular weight is 472 g/mol. The van der Waals surface area contributed by atoms with Gasteiger partial charge in [0.25, 0.3) is 5.91 Å². The van der Waals surface area contributed by atoms with E-state index in [1.165, 1.54) is 0 Å². The molecule has 0 atom stereocenters. The fourth-order valence-electron chi connectivity index (χ4n) is 3.58. The number of aromatic nitrogens is 1. The monoisotopic (exact) mass is 471 g/mol. The molecule has 1 aromatic heterocycles. The van der Waals surface area contributed by atoms with Crippen LogP contribution >= 0.6 is 23.2 Å². The summed E-state index contributed by atoms with van der Waals surface area (Å²) in [5.74, 6) is 1.81. The molecule has 2 heterocycles. The number of halogens is 2. The SMILES string of the molecule is COc1cc(C(=O)N2CCN(c3ncccc3Cl)CC2)ccc1OCc1ccc(Cl)cc1. The minimum atomic E-state index is -0.0423. The first kappa shape index (κ1) is 22.2. The van der Waals surface area contributed by atoms with Crippen molar-refractivity contribution in [3.8, 4) is 11.5 Å². The molecule has 6 nitrogen and oxygen atoms in total. The Morgan fingerprint density at radius 1 is 1.00 bits per heavy atom. The number of ether oxygens (including phenoxy) is 2. The zero-order valence-electron chi connectivity index (χ0n) is 17.6. The van der Waals surface area contributed by atoms with E-state index in [1.807, 2.05) is 41.3 Å². The Kier molecular flexibility index (Phi) is 7.02. The van der Waals surface area contributed by atoms with Crippen molar-refractivity contribution in [1.82, 2.24) is 9.88 Å². The number of amides is 1. The molecular weight excluding hydrogens is 449 g/mol. The molecule has 1 aliphatic rings. The minimum absolute atomic E-state index is 0.0423. The van der Waals surface area contributed by atoms with Gasteiger partial charge in [0.15, 0.2) is 11.5 Å². The van der Waals surface area contributed by atoms with Crippen LogP contribution in [0.25, 0.3) is 0 Å². The lowest BCUT2D eigenvalue weighted by atomic mass is 10.1. The fourth-order valence-corrected chi connectivity index (χ4v) is 3.94.